The number of benzene rings is 1. The summed E-state index contributed by atoms with van der Waals surface area (Å²) in [7, 11) is 2.01. The lowest BCUT2D eigenvalue weighted by atomic mass is 10.1. The topological polar surface area (TPSA) is 27.1 Å². The normalized spacial score (nSPS) is 10.7. The Morgan fingerprint density at radius 1 is 1.28 bits per heavy atom. The van der Waals surface area contributed by atoms with Gasteiger partial charge in [0.25, 0.3) is 0 Å². The van der Waals surface area contributed by atoms with Gasteiger partial charge in [-0.2, -0.15) is 0 Å². The number of hydrogen-bond donors (Lipinski definition) is 0. The van der Waals surface area contributed by atoms with Gasteiger partial charge in [0, 0.05) is 13.5 Å². The molecule has 0 fully saturated rings. The number of ether oxygens (including phenoxy) is 1. The molecule has 0 atom stereocenters. The lowest BCUT2D eigenvalue weighted by Gasteiger charge is -2.04. The highest BCUT2D eigenvalue weighted by Gasteiger charge is 2.09. The molecule has 0 amide bonds. The molecule has 3 nitrogen and oxygen atoms in total. The number of aromatic nitrogens is 2. The fraction of sp³-hybridized carbons (Fsp3) is 0.357. The summed E-state index contributed by atoms with van der Waals surface area (Å²) in [5.41, 5.74) is 2.30. The first-order valence-corrected chi connectivity index (χ1v) is 6.80. The van der Waals surface area contributed by atoms with Crippen molar-refractivity contribution in [1.29, 1.82) is 0 Å². The highest BCUT2D eigenvalue weighted by molar-refractivity contribution is 9.10. The van der Waals surface area contributed by atoms with E-state index in [-0.39, 0.29) is 0 Å². The maximum absolute atomic E-state index is 5.43. The Hall–Kier alpha value is -1.29. The number of halogens is 1. The van der Waals surface area contributed by atoms with Crippen LogP contribution in [0.1, 0.15) is 24.0 Å². The average Bonchev–Trinajstić information content (AvgIpc) is 2.60. The third-order valence-corrected chi connectivity index (χ3v) is 3.91. The van der Waals surface area contributed by atoms with E-state index in [0.717, 1.165) is 28.3 Å². The van der Waals surface area contributed by atoms with Crippen molar-refractivity contribution in [2.45, 2.75) is 20.3 Å². The van der Waals surface area contributed by atoms with Crippen LogP contribution >= 0.6 is 15.9 Å². The minimum absolute atomic E-state index is 0.699. The predicted molar refractivity (Wildman–Crippen MR) is 76.1 cm³/mol. The van der Waals surface area contributed by atoms with E-state index >= 15 is 0 Å². The third kappa shape index (κ3) is 2.75. The van der Waals surface area contributed by atoms with E-state index in [9.17, 15) is 0 Å². The Kier molecular flexibility index (Phi) is 4.07. The first-order valence-electron chi connectivity index (χ1n) is 6.01. The van der Waals surface area contributed by atoms with Crippen LogP contribution in [0, 0.1) is 6.92 Å². The van der Waals surface area contributed by atoms with Crippen LogP contribution in [0.4, 0.5) is 0 Å². The van der Waals surface area contributed by atoms with E-state index in [1.54, 1.807) is 0 Å². The van der Waals surface area contributed by atoms with Crippen LogP contribution in [-0.4, -0.2) is 16.2 Å². The largest absolute Gasteiger partial charge is 0.494 e. The molecule has 0 saturated heterocycles. The Morgan fingerprint density at radius 3 is 2.44 bits per heavy atom. The lowest BCUT2D eigenvalue weighted by Crippen LogP contribution is -1.93. The zero-order valence-electron chi connectivity index (χ0n) is 10.9. The number of hydrogen-bond acceptors (Lipinski definition) is 2. The summed E-state index contributed by atoms with van der Waals surface area (Å²) in [4.78, 5) is 4.55. The number of rotatable bonds is 4. The van der Waals surface area contributed by atoms with Gasteiger partial charge in [-0.25, -0.2) is 4.98 Å². The van der Waals surface area contributed by atoms with Gasteiger partial charge >= 0.3 is 0 Å². The summed E-state index contributed by atoms with van der Waals surface area (Å²) >= 11 is 3.57. The van der Waals surface area contributed by atoms with Crippen molar-refractivity contribution < 1.29 is 4.74 Å². The summed E-state index contributed by atoms with van der Waals surface area (Å²) in [6, 6.07) is 8.17. The van der Waals surface area contributed by atoms with E-state index < -0.39 is 0 Å². The molecule has 0 unspecified atom stereocenters. The molecule has 0 spiro atoms. The van der Waals surface area contributed by atoms with Crippen LogP contribution in [-0.2, 0) is 13.5 Å². The molecule has 2 rings (SSSR count). The van der Waals surface area contributed by atoms with Gasteiger partial charge in [-0.15, -0.1) is 0 Å². The van der Waals surface area contributed by atoms with Gasteiger partial charge in [0.1, 0.15) is 16.2 Å². The van der Waals surface area contributed by atoms with E-state index in [1.165, 1.54) is 5.56 Å². The van der Waals surface area contributed by atoms with Gasteiger partial charge in [0.05, 0.1) is 12.3 Å². The molecule has 0 radical (unpaired) electrons. The van der Waals surface area contributed by atoms with E-state index in [0.29, 0.717) is 6.61 Å². The fourth-order valence-corrected chi connectivity index (χ4v) is 2.31. The van der Waals surface area contributed by atoms with Crippen molar-refractivity contribution in [1.82, 2.24) is 9.55 Å². The van der Waals surface area contributed by atoms with Crippen LogP contribution < -0.4 is 4.74 Å². The van der Waals surface area contributed by atoms with Gasteiger partial charge in [0.15, 0.2) is 0 Å². The second-order valence-corrected chi connectivity index (χ2v) is 4.96. The Morgan fingerprint density at radius 2 is 1.94 bits per heavy atom. The van der Waals surface area contributed by atoms with E-state index in [4.69, 9.17) is 4.74 Å². The molecule has 1 aromatic heterocycles. The molecule has 0 aliphatic heterocycles. The summed E-state index contributed by atoms with van der Waals surface area (Å²) < 4.78 is 8.52. The van der Waals surface area contributed by atoms with Crippen LogP contribution in [0.15, 0.2) is 28.9 Å². The zero-order chi connectivity index (χ0) is 13.1. The number of aryl methyl sites for hydroxylation is 1. The van der Waals surface area contributed by atoms with Gasteiger partial charge in [-0.05, 0) is 47.5 Å². The molecule has 0 bridgehead atoms. The molecule has 1 aromatic carbocycles. The molecular formula is C14H17BrN2O. The minimum Gasteiger partial charge on any atom is -0.494 e. The molecule has 0 aliphatic carbocycles. The maximum Gasteiger partial charge on any atom is 0.119 e. The van der Waals surface area contributed by atoms with Gasteiger partial charge in [0.2, 0.25) is 0 Å². The molecule has 2 aromatic rings. The predicted octanol–water partition coefficient (Wildman–Crippen LogP) is 3.48. The van der Waals surface area contributed by atoms with Gasteiger partial charge < -0.3 is 9.30 Å². The summed E-state index contributed by atoms with van der Waals surface area (Å²) in [5.74, 6) is 1.93. The van der Waals surface area contributed by atoms with Crippen molar-refractivity contribution in [2.24, 2.45) is 7.05 Å². The summed E-state index contributed by atoms with van der Waals surface area (Å²) in [6.07, 6.45) is 0.828. The standard InChI is InChI=1S/C14H17BrN2O/c1-4-18-12-7-5-11(6-8-12)9-13-14(15)17(3)10(2)16-13/h5-8H,4,9H2,1-3H3. The second kappa shape index (κ2) is 5.57. The Bertz CT molecular complexity index is 531. The van der Waals surface area contributed by atoms with Crippen LogP contribution in [0.3, 0.4) is 0 Å². The van der Waals surface area contributed by atoms with Gasteiger partial charge in [-0.1, -0.05) is 12.1 Å². The molecule has 18 heavy (non-hydrogen) atoms. The Balaban J connectivity index is 2.15. The fourth-order valence-electron chi connectivity index (χ4n) is 1.83. The van der Waals surface area contributed by atoms with E-state index in [2.05, 4.69) is 33.0 Å². The summed E-state index contributed by atoms with van der Waals surface area (Å²) in [6.45, 7) is 4.69. The zero-order valence-corrected chi connectivity index (χ0v) is 12.5. The smallest absolute Gasteiger partial charge is 0.119 e. The van der Waals surface area contributed by atoms with Gasteiger partial charge in [-0.3, -0.25) is 0 Å². The lowest BCUT2D eigenvalue weighted by molar-refractivity contribution is 0.340. The first-order chi connectivity index (χ1) is 8.61. The average molecular weight is 309 g/mol. The minimum atomic E-state index is 0.699. The summed E-state index contributed by atoms with van der Waals surface area (Å²) in [5, 5.41) is 0. The maximum atomic E-state index is 5.43. The van der Waals surface area contributed by atoms with Crippen LogP contribution in [0.5, 0.6) is 5.75 Å². The first kappa shape index (κ1) is 13.1. The molecular weight excluding hydrogens is 292 g/mol. The molecule has 96 valence electrons. The molecule has 0 saturated carbocycles. The van der Waals surface area contributed by atoms with Crippen LogP contribution in [0.2, 0.25) is 0 Å². The van der Waals surface area contributed by atoms with Crippen molar-refractivity contribution in [3.8, 4) is 5.75 Å². The molecule has 0 N–H and O–H groups in total. The van der Waals surface area contributed by atoms with Crippen molar-refractivity contribution in [2.75, 3.05) is 6.61 Å². The van der Waals surface area contributed by atoms with Crippen LogP contribution in [0.25, 0.3) is 0 Å². The third-order valence-electron chi connectivity index (χ3n) is 2.92. The van der Waals surface area contributed by atoms with E-state index in [1.807, 2.05) is 37.6 Å². The quantitative estimate of drug-likeness (QED) is 0.864. The molecule has 1 heterocycles. The molecule has 0 aliphatic rings. The van der Waals surface area contributed by atoms with Crippen molar-refractivity contribution in [3.63, 3.8) is 0 Å². The monoisotopic (exact) mass is 308 g/mol. The highest BCUT2D eigenvalue weighted by Crippen LogP contribution is 2.21. The number of nitrogens with zero attached hydrogens (tertiary/aromatic N) is 2. The second-order valence-electron chi connectivity index (χ2n) is 4.21. The Labute approximate surface area is 116 Å². The highest BCUT2D eigenvalue weighted by atomic mass is 79.9. The number of imidazole rings is 1. The van der Waals surface area contributed by atoms with Crippen molar-refractivity contribution >= 4 is 15.9 Å². The molecule has 4 heteroatoms. The SMILES string of the molecule is CCOc1ccc(Cc2nc(C)n(C)c2Br)cc1. The van der Waals surface area contributed by atoms with Crippen molar-refractivity contribution in [3.05, 3.63) is 46.0 Å².